The molecule has 0 saturated carbocycles. The maximum atomic E-state index is 13.9. The van der Waals surface area contributed by atoms with E-state index in [4.69, 9.17) is 14.2 Å². The van der Waals surface area contributed by atoms with Gasteiger partial charge in [0.25, 0.3) is 0 Å². The Morgan fingerprint density at radius 2 is 1.79 bits per heavy atom. The van der Waals surface area contributed by atoms with E-state index in [0.717, 1.165) is 16.7 Å². The molecule has 2 N–H and O–H groups in total. The molecule has 0 spiro atoms. The standard InChI is InChI=1S/C31H36FNO6/c1-5-38-29(36)17-25(35)16-24(34)10-11-26-27(20(2)3)18-28(37-4)31(39-19-21-12-14-33-15-13-21)30(26)22-6-8-23(32)9-7-22/h6-15,18,20,24-25,34-35H,5,16-17,19H2,1-4H3. The molecule has 0 saturated heterocycles. The molecule has 2 atom stereocenters. The molecular weight excluding hydrogens is 501 g/mol. The number of aromatic nitrogens is 1. The van der Waals surface area contributed by atoms with Crippen LogP contribution in [0.5, 0.6) is 11.5 Å². The van der Waals surface area contributed by atoms with Crippen LogP contribution in [-0.4, -0.2) is 47.1 Å². The van der Waals surface area contributed by atoms with Crippen molar-refractivity contribution in [2.24, 2.45) is 0 Å². The fraction of sp³-hybridized carbons (Fsp3) is 0.355. The average Bonchev–Trinajstić information content (AvgIpc) is 2.91. The van der Waals surface area contributed by atoms with Crippen LogP contribution in [0, 0.1) is 5.82 Å². The summed E-state index contributed by atoms with van der Waals surface area (Å²) in [6, 6.07) is 11.7. The lowest BCUT2D eigenvalue weighted by atomic mass is 9.88. The minimum absolute atomic E-state index is 0.0419. The summed E-state index contributed by atoms with van der Waals surface area (Å²) in [7, 11) is 1.57. The zero-order chi connectivity index (χ0) is 28.4. The number of carbonyl (C=O) groups is 1. The van der Waals surface area contributed by atoms with E-state index >= 15 is 0 Å². The van der Waals surface area contributed by atoms with Crippen molar-refractivity contribution >= 4 is 12.0 Å². The fourth-order valence-corrected chi connectivity index (χ4v) is 4.22. The lowest BCUT2D eigenvalue weighted by Gasteiger charge is -2.23. The first-order valence-electron chi connectivity index (χ1n) is 13.0. The summed E-state index contributed by atoms with van der Waals surface area (Å²) < 4.78 is 30.8. The largest absolute Gasteiger partial charge is 0.493 e. The van der Waals surface area contributed by atoms with Gasteiger partial charge in [-0.3, -0.25) is 9.78 Å². The van der Waals surface area contributed by atoms with Gasteiger partial charge in [0.05, 0.1) is 32.3 Å². The molecule has 0 bridgehead atoms. The third-order valence-corrected chi connectivity index (χ3v) is 6.13. The number of esters is 1. The maximum Gasteiger partial charge on any atom is 0.308 e. The summed E-state index contributed by atoms with van der Waals surface area (Å²) in [5, 5.41) is 20.9. The summed E-state index contributed by atoms with van der Waals surface area (Å²) in [6.45, 7) is 6.24. The molecule has 3 rings (SSSR count). The minimum Gasteiger partial charge on any atom is -0.493 e. The Hall–Kier alpha value is -3.75. The molecule has 1 heterocycles. The molecule has 2 aromatic carbocycles. The number of aliphatic hydroxyl groups excluding tert-OH is 2. The van der Waals surface area contributed by atoms with E-state index < -0.39 is 18.2 Å². The molecule has 2 unspecified atom stereocenters. The van der Waals surface area contributed by atoms with Crippen LogP contribution in [0.4, 0.5) is 4.39 Å². The molecule has 0 amide bonds. The van der Waals surface area contributed by atoms with E-state index in [1.165, 1.54) is 12.1 Å². The normalized spacial score (nSPS) is 12.9. The van der Waals surface area contributed by atoms with Gasteiger partial charge in [0, 0.05) is 24.4 Å². The molecule has 0 aliphatic heterocycles. The Morgan fingerprint density at radius 1 is 1.10 bits per heavy atom. The Bertz CT molecular complexity index is 1240. The number of methoxy groups -OCH3 is 1. The van der Waals surface area contributed by atoms with Gasteiger partial charge in [-0.2, -0.15) is 0 Å². The molecule has 1 aromatic heterocycles. The predicted molar refractivity (Wildman–Crippen MR) is 148 cm³/mol. The molecule has 8 heteroatoms. The molecule has 7 nitrogen and oxygen atoms in total. The third kappa shape index (κ3) is 8.37. The van der Waals surface area contributed by atoms with Gasteiger partial charge in [0.1, 0.15) is 12.4 Å². The second kappa shape index (κ2) is 14.4. The smallest absolute Gasteiger partial charge is 0.308 e. The maximum absolute atomic E-state index is 13.9. The molecule has 208 valence electrons. The van der Waals surface area contributed by atoms with Crippen LogP contribution in [0.25, 0.3) is 17.2 Å². The number of hydrogen-bond acceptors (Lipinski definition) is 7. The van der Waals surface area contributed by atoms with Gasteiger partial charge in [-0.15, -0.1) is 0 Å². The number of benzene rings is 2. The fourth-order valence-electron chi connectivity index (χ4n) is 4.22. The van der Waals surface area contributed by atoms with Crippen molar-refractivity contribution in [3.05, 3.63) is 83.4 Å². The van der Waals surface area contributed by atoms with E-state index in [1.54, 1.807) is 50.7 Å². The van der Waals surface area contributed by atoms with Gasteiger partial charge in [0.2, 0.25) is 0 Å². The van der Waals surface area contributed by atoms with Crippen LogP contribution in [0.15, 0.2) is 60.9 Å². The highest BCUT2D eigenvalue weighted by Crippen LogP contribution is 2.45. The topological polar surface area (TPSA) is 98.1 Å². The Labute approximate surface area is 228 Å². The monoisotopic (exact) mass is 537 g/mol. The predicted octanol–water partition coefficient (Wildman–Crippen LogP) is 5.68. The van der Waals surface area contributed by atoms with Gasteiger partial charge in [0.15, 0.2) is 11.5 Å². The van der Waals surface area contributed by atoms with Crippen molar-refractivity contribution in [2.45, 2.75) is 58.3 Å². The molecular formula is C31H36FNO6. The van der Waals surface area contributed by atoms with E-state index in [0.29, 0.717) is 22.6 Å². The Balaban J connectivity index is 2.06. The van der Waals surface area contributed by atoms with Crippen molar-refractivity contribution in [3.63, 3.8) is 0 Å². The first-order valence-corrected chi connectivity index (χ1v) is 13.0. The zero-order valence-electron chi connectivity index (χ0n) is 22.8. The number of rotatable bonds is 13. The van der Waals surface area contributed by atoms with Crippen LogP contribution in [-0.2, 0) is 16.1 Å². The lowest BCUT2D eigenvalue weighted by molar-refractivity contribution is -0.145. The Morgan fingerprint density at radius 3 is 2.41 bits per heavy atom. The third-order valence-electron chi connectivity index (χ3n) is 6.13. The quantitative estimate of drug-likeness (QED) is 0.271. The summed E-state index contributed by atoms with van der Waals surface area (Å²) in [6.07, 6.45) is 4.39. The van der Waals surface area contributed by atoms with E-state index in [-0.39, 0.29) is 37.8 Å². The van der Waals surface area contributed by atoms with Gasteiger partial charge >= 0.3 is 5.97 Å². The van der Waals surface area contributed by atoms with Gasteiger partial charge in [-0.1, -0.05) is 38.1 Å². The second-order valence-electron chi connectivity index (χ2n) is 9.42. The van der Waals surface area contributed by atoms with E-state index in [1.807, 2.05) is 32.0 Å². The molecule has 0 aliphatic carbocycles. The molecule has 39 heavy (non-hydrogen) atoms. The van der Waals surface area contributed by atoms with Crippen molar-refractivity contribution in [1.29, 1.82) is 0 Å². The highest BCUT2D eigenvalue weighted by atomic mass is 19.1. The number of pyridine rings is 1. The minimum atomic E-state index is -1.06. The SMILES string of the molecule is CCOC(=O)CC(O)CC(O)C=Cc1c(C(C)C)cc(OC)c(OCc2ccncc2)c1-c1ccc(F)cc1. The second-order valence-corrected chi connectivity index (χ2v) is 9.42. The van der Waals surface area contributed by atoms with Crippen molar-refractivity contribution in [3.8, 4) is 22.6 Å². The lowest BCUT2D eigenvalue weighted by Crippen LogP contribution is -2.20. The van der Waals surface area contributed by atoms with Crippen molar-refractivity contribution < 1.29 is 33.6 Å². The van der Waals surface area contributed by atoms with E-state index in [9.17, 15) is 19.4 Å². The van der Waals surface area contributed by atoms with Crippen LogP contribution < -0.4 is 9.47 Å². The molecule has 0 aliphatic rings. The Kier molecular flexibility index (Phi) is 11.0. The van der Waals surface area contributed by atoms with Crippen molar-refractivity contribution in [2.75, 3.05) is 13.7 Å². The number of nitrogens with zero attached hydrogens (tertiary/aromatic N) is 1. The zero-order valence-corrected chi connectivity index (χ0v) is 22.8. The first kappa shape index (κ1) is 29.8. The van der Waals surface area contributed by atoms with Crippen molar-refractivity contribution in [1.82, 2.24) is 4.98 Å². The van der Waals surface area contributed by atoms with Gasteiger partial charge in [-0.25, -0.2) is 4.39 Å². The number of hydrogen-bond donors (Lipinski definition) is 2. The van der Waals surface area contributed by atoms with E-state index in [2.05, 4.69) is 4.98 Å². The number of ether oxygens (including phenoxy) is 3. The first-order chi connectivity index (χ1) is 18.7. The van der Waals surface area contributed by atoms with Gasteiger partial charge in [-0.05, 0) is 65.4 Å². The summed E-state index contributed by atoms with van der Waals surface area (Å²) in [4.78, 5) is 15.7. The molecule has 0 radical (unpaired) electrons. The van der Waals surface area contributed by atoms with Crippen LogP contribution >= 0.6 is 0 Å². The van der Waals surface area contributed by atoms with Gasteiger partial charge < -0.3 is 24.4 Å². The highest BCUT2D eigenvalue weighted by molar-refractivity contribution is 5.85. The van der Waals surface area contributed by atoms with Crippen LogP contribution in [0.2, 0.25) is 0 Å². The summed E-state index contributed by atoms with van der Waals surface area (Å²) in [5.41, 5.74) is 3.99. The van der Waals surface area contributed by atoms with Crippen LogP contribution in [0.3, 0.4) is 0 Å². The average molecular weight is 538 g/mol. The van der Waals surface area contributed by atoms with Crippen LogP contribution in [0.1, 0.15) is 56.2 Å². The summed E-state index contributed by atoms with van der Waals surface area (Å²) >= 11 is 0. The number of aliphatic hydroxyl groups is 2. The number of carbonyl (C=O) groups excluding carboxylic acids is 1. The molecule has 3 aromatic rings. The summed E-state index contributed by atoms with van der Waals surface area (Å²) in [5.74, 6) is 0.177. The number of halogens is 1. The highest BCUT2D eigenvalue weighted by Gasteiger charge is 2.23. The molecule has 0 fully saturated rings.